The zero-order valence-electron chi connectivity index (χ0n) is 12.4. The van der Waals surface area contributed by atoms with Crippen LogP contribution in [0.5, 0.6) is 5.75 Å². The van der Waals surface area contributed by atoms with Crippen molar-refractivity contribution in [2.45, 2.75) is 19.4 Å². The van der Waals surface area contributed by atoms with Gasteiger partial charge in [0.25, 0.3) is 0 Å². The predicted molar refractivity (Wildman–Crippen MR) is 91.7 cm³/mol. The van der Waals surface area contributed by atoms with E-state index in [4.69, 9.17) is 4.74 Å². The second kappa shape index (κ2) is 7.42. The maximum absolute atomic E-state index is 5.46. The van der Waals surface area contributed by atoms with Gasteiger partial charge in [-0.05, 0) is 36.7 Å². The monoisotopic (exact) mass is 415 g/mol. The quantitative estimate of drug-likeness (QED) is 0.772. The standard InChI is InChI=1S/C15H19Br2N3O/c1-4-5-18-14(10-6-11(16)8-12(17)7-10)15-13(21-3)9-19-20(15)2/h6-9,14,18H,4-5H2,1-3H3. The number of nitrogens with zero attached hydrogens (tertiary/aromatic N) is 2. The third-order valence-corrected chi connectivity index (χ3v) is 4.17. The summed E-state index contributed by atoms with van der Waals surface area (Å²) in [6.07, 6.45) is 2.81. The van der Waals surface area contributed by atoms with E-state index in [0.29, 0.717) is 0 Å². The van der Waals surface area contributed by atoms with Crippen molar-refractivity contribution < 1.29 is 4.74 Å². The Hall–Kier alpha value is -0.850. The van der Waals surface area contributed by atoms with Crippen LogP contribution in [0.3, 0.4) is 0 Å². The van der Waals surface area contributed by atoms with Crippen molar-refractivity contribution in [3.63, 3.8) is 0 Å². The van der Waals surface area contributed by atoms with Gasteiger partial charge in [-0.2, -0.15) is 5.10 Å². The molecule has 1 unspecified atom stereocenters. The topological polar surface area (TPSA) is 39.1 Å². The van der Waals surface area contributed by atoms with Crippen LogP contribution in [0.15, 0.2) is 33.3 Å². The number of halogens is 2. The van der Waals surface area contributed by atoms with Crippen molar-refractivity contribution >= 4 is 31.9 Å². The fourth-order valence-corrected chi connectivity index (χ4v) is 3.65. The summed E-state index contributed by atoms with van der Waals surface area (Å²) in [5.74, 6) is 0.794. The third kappa shape index (κ3) is 3.87. The molecule has 0 saturated heterocycles. The van der Waals surface area contributed by atoms with Gasteiger partial charge in [-0.15, -0.1) is 0 Å². The van der Waals surface area contributed by atoms with Crippen LogP contribution >= 0.6 is 31.9 Å². The average Bonchev–Trinajstić information content (AvgIpc) is 2.80. The molecular formula is C15H19Br2N3O. The molecule has 1 heterocycles. The lowest BCUT2D eigenvalue weighted by Crippen LogP contribution is -2.25. The highest BCUT2D eigenvalue weighted by Crippen LogP contribution is 2.32. The summed E-state index contributed by atoms with van der Waals surface area (Å²) in [6, 6.07) is 6.29. The minimum atomic E-state index is 0.0289. The molecule has 0 amide bonds. The number of methoxy groups -OCH3 is 1. The lowest BCUT2D eigenvalue weighted by atomic mass is 10.0. The number of hydrogen-bond acceptors (Lipinski definition) is 3. The first-order valence-electron chi connectivity index (χ1n) is 6.82. The Morgan fingerprint density at radius 1 is 1.29 bits per heavy atom. The van der Waals surface area contributed by atoms with Crippen LogP contribution < -0.4 is 10.1 Å². The molecule has 114 valence electrons. The summed E-state index contributed by atoms with van der Waals surface area (Å²) >= 11 is 7.11. The fourth-order valence-electron chi connectivity index (χ4n) is 2.32. The van der Waals surface area contributed by atoms with E-state index in [1.54, 1.807) is 13.3 Å². The highest BCUT2D eigenvalue weighted by molar-refractivity contribution is 9.11. The first-order valence-corrected chi connectivity index (χ1v) is 8.40. The van der Waals surface area contributed by atoms with Gasteiger partial charge in [-0.1, -0.05) is 38.8 Å². The van der Waals surface area contributed by atoms with Crippen molar-refractivity contribution in [2.75, 3.05) is 13.7 Å². The minimum absolute atomic E-state index is 0.0289. The van der Waals surface area contributed by atoms with Crippen LogP contribution in [0.4, 0.5) is 0 Å². The Morgan fingerprint density at radius 2 is 1.95 bits per heavy atom. The molecule has 0 saturated carbocycles. The summed E-state index contributed by atoms with van der Waals surface area (Å²) in [5, 5.41) is 7.89. The normalized spacial score (nSPS) is 12.4. The second-order valence-corrected chi connectivity index (χ2v) is 6.64. The Kier molecular flexibility index (Phi) is 5.84. The van der Waals surface area contributed by atoms with Gasteiger partial charge in [0.05, 0.1) is 19.3 Å². The number of rotatable bonds is 6. The van der Waals surface area contributed by atoms with Gasteiger partial charge in [-0.25, -0.2) is 0 Å². The lowest BCUT2D eigenvalue weighted by molar-refractivity contribution is 0.400. The average molecular weight is 417 g/mol. The van der Waals surface area contributed by atoms with Gasteiger partial charge < -0.3 is 10.1 Å². The van der Waals surface area contributed by atoms with Crippen LogP contribution in [0.25, 0.3) is 0 Å². The number of aromatic nitrogens is 2. The van der Waals surface area contributed by atoms with Crippen LogP contribution in [0.1, 0.15) is 30.6 Å². The van der Waals surface area contributed by atoms with E-state index in [0.717, 1.165) is 38.9 Å². The molecule has 1 atom stereocenters. The van der Waals surface area contributed by atoms with Crippen LogP contribution in [0, 0.1) is 0 Å². The van der Waals surface area contributed by atoms with Crippen molar-refractivity contribution in [1.82, 2.24) is 15.1 Å². The van der Waals surface area contributed by atoms with Crippen molar-refractivity contribution in [2.24, 2.45) is 7.05 Å². The molecular weight excluding hydrogens is 398 g/mol. The van der Waals surface area contributed by atoms with E-state index in [1.165, 1.54) is 0 Å². The van der Waals surface area contributed by atoms with Gasteiger partial charge in [0.1, 0.15) is 5.69 Å². The highest BCUT2D eigenvalue weighted by Gasteiger charge is 2.22. The fraction of sp³-hybridized carbons (Fsp3) is 0.400. The number of benzene rings is 1. The van der Waals surface area contributed by atoms with E-state index in [1.807, 2.05) is 17.8 Å². The van der Waals surface area contributed by atoms with Gasteiger partial charge in [0, 0.05) is 16.0 Å². The molecule has 0 bridgehead atoms. The van der Waals surface area contributed by atoms with E-state index in [9.17, 15) is 0 Å². The molecule has 21 heavy (non-hydrogen) atoms. The molecule has 0 spiro atoms. The van der Waals surface area contributed by atoms with Gasteiger partial charge >= 0.3 is 0 Å². The molecule has 0 radical (unpaired) electrons. The minimum Gasteiger partial charge on any atom is -0.493 e. The molecule has 0 aliphatic heterocycles. The summed E-state index contributed by atoms with van der Waals surface area (Å²) in [5.41, 5.74) is 2.18. The second-order valence-electron chi connectivity index (χ2n) is 4.81. The zero-order valence-corrected chi connectivity index (χ0v) is 15.5. The van der Waals surface area contributed by atoms with Crippen LogP contribution in [-0.2, 0) is 7.05 Å². The van der Waals surface area contributed by atoms with E-state index in [-0.39, 0.29) is 6.04 Å². The van der Waals surface area contributed by atoms with Crippen molar-refractivity contribution in [3.05, 3.63) is 44.6 Å². The molecule has 6 heteroatoms. The smallest absolute Gasteiger partial charge is 0.161 e. The first kappa shape index (κ1) is 16.5. The van der Waals surface area contributed by atoms with Gasteiger partial charge in [0.2, 0.25) is 0 Å². The Morgan fingerprint density at radius 3 is 2.52 bits per heavy atom. The maximum atomic E-state index is 5.46. The van der Waals surface area contributed by atoms with Crippen molar-refractivity contribution in [1.29, 1.82) is 0 Å². The largest absolute Gasteiger partial charge is 0.493 e. The molecule has 2 aromatic rings. The molecule has 4 nitrogen and oxygen atoms in total. The molecule has 0 aliphatic carbocycles. The molecule has 1 aromatic heterocycles. The van der Waals surface area contributed by atoms with Gasteiger partial charge in [0.15, 0.2) is 5.75 Å². The third-order valence-electron chi connectivity index (χ3n) is 3.26. The Balaban J connectivity index is 2.49. The molecule has 1 N–H and O–H groups in total. The Labute approximate surface area is 142 Å². The SMILES string of the molecule is CCCNC(c1cc(Br)cc(Br)c1)c1c(OC)cnn1C. The van der Waals surface area contributed by atoms with Crippen LogP contribution in [0.2, 0.25) is 0 Å². The molecule has 2 rings (SSSR count). The summed E-state index contributed by atoms with van der Waals surface area (Å²) < 4.78 is 9.40. The maximum Gasteiger partial charge on any atom is 0.161 e. The number of aryl methyl sites for hydroxylation is 1. The number of hydrogen-bond donors (Lipinski definition) is 1. The number of ether oxygens (including phenoxy) is 1. The van der Waals surface area contributed by atoms with E-state index in [2.05, 4.69) is 61.3 Å². The van der Waals surface area contributed by atoms with E-state index >= 15 is 0 Å². The molecule has 0 aliphatic rings. The van der Waals surface area contributed by atoms with Gasteiger partial charge in [-0.3, -0.25) is 4.68 Å². The lowest BCUT2D eigenvalue weighted by Gasteiger charge is -2.21. The van der Waals surface area contributed by atoms with Crippen LogP contribution in [-0.4, -0.2) is 23.4 Å². The molecule has 0 fully saturated rings. The summed E-state index contributed by atoms with van der Waals surface area (Å²) in [6.45, 7) is 3.07. The summed E-state index contributed by atoms with van der Waals surface area (Å²) in [7, 11) is 3.61. The highest BCUT2D eigenvalue weighted by atomic mass is 79.9. The predicted octanol–water partition coefficient (Wildman–Crippen LogP) is 4.04. The van der Waals surface area contributed by atoms with E-state index < -0.39 is 0 Å². The first-order chi connectivity index (χ1) is 10.1. The van der Waals surface area contributed by atoms with Crippen molar-refractivity contribution in [3.8, 4) is 5.75 Å². The zero-order chi connectivity index (χ0) is 15.4. The summed E-state index contributed by atoms with van der Waals surface area (Å²) in [4.78, 5) is 0. The molecule has 1 aromatic carbocycles. The Bertz CT molecular complexity index is 593. The number of nitrogens with one attached hydrogen (secondary N) is 1.